The number of nitrogens with zero attached hydrogens (tertiary/aromatic N) is 1. The van der Waals surface area contributed by atoms with Crippen LogP contribution in [0.25, 0.3) is 0 Å². The maximum atomic E-state index is 11.5. The number of carbonyl (C=O) groups excluding carboxylic acids is 1. The molecule has 6 nitrogen and oxygen atoms in total. The second-order valence-corrected chi connectivity index (χ2v) is 5.91. The highest BCUT2D eigenvalue weighted by atomic mass is 35.5. The van der Waals surface area contributed by atoms with Gasteiger partial charge in [0.05, 0.1) is 26.2 Å². The van der Waals surface area contributed by atoms with Gasteiger partial charge in [-0.3, -0.25) is 4.79 Å². The summed E-state index contributed by atoms with van der Waals surface area (Å²) in [4.78, 5) is 11.0. The molecule has 0 aliphatic carbocycles. The van der Waals surface area contributed by atoms with Crippen LogP contribution in [0.1, 0.15) is 6.42 Å². The summed E-state index contributed by atoms with van der Waals surface area (Å²) >= 11 is 5.35. The van der Waals surface area contributed by atoms with Crippen LogP contribution in [-0.2, 0) is 24.3 Å². The summed E-state index contributed by atoms with van der Waals surface area (Å²) in [7, 11) is -2.15. The van der Waals surface area contributed by atoms with E-state index in [1.54, 1.807) is 0 Å². The van der Waals surface area contributed by atoms with Crippen molar-refractivity contribution in [2.24, 2.45) is 0 Å². The second-order valence-electron chi connectivity index (χ2n) is 3.35. The zero-order valence-corrected chi connectivity index (χ0v) is 10.5. The minimum Gasteiger partial charge on any atom is -0.469 e. The first-order valence-corrected chi connectivity index (χ1v) is 6.86. The lowest BCUT2D eigenvalue weighted by molar-refractivity contribution is -0.145. The Morgan fingerprint density at radius 1 is 1.62 bits per heavy atom. The number of methoxy groups -OCH3 is 1. The summed E-state index contributed by atoms with van der Waals surface area (Å²) in [5, 5.41) is -0.460. The van der Waals surface area contributed by atoms with E-state index in [-0.39, 0.29) is 26.1 Å². The van der Waals surface area contributed by atoms with Crippen molar-refractivity contribution in [2.75, 3.05) is 32.0 Å². The number of rotatable bonds is 4. The fraction of sp³-hybridized carbons (Fsp3) is 0.875. The van der Waals surface area contributed by atoms with E-state index in [4.69, 9.17) is 16.3 Å². The van der Waals surface area contributed by atoms with Gasteiger partial charge in [0, 0.05) is 13.1 Å². The number of esters is 1. The predicted molar refractivity (Wildman–Crippen MR) is 57.6 cm³/mol. The van der Waals surface area contributed by atoms with Gasteiger partial charge in [0.2, 0.25) is 10.0 Å². The van der Waals surface area contributed by atoms with Gasteiger partial charge in [-0.2, -0.15) is 4.31 Å². The van der Waals surface area contributed by atoms with E-state index in [1.807, 2.05) is 0 Å². The first kappa shape index (κ1) is 13.7. The molecule has 0 radical (unpaired) electrons. The average Bonchev–Trinajstić information content (AvgIpc) is 2.29. The Hall–Kier alpha value is -0.370. The zero-order valence-electron chi connectivity index (χ0n) is 8.89. The van der Waals surface area contributed by atoms with E-state index in [2.05, 4.69) is 4.74 Å². The highest BCUT2D eigenvalue weighted by Crippen LogP contribution is 2.14. The number of carbonyl (C=O) groups is 1. The molecule has 8 heteroatoms. The number of alkyl halides is 1. The van der Waals surface area contributed by atoms with Crippen LogP contribution in [0, 0.1) is 0 Å². The lowest BCUT2D eigenvalue weighted by atomic mass is 10.2. The van der Waals surface area contributed by atoms with Crippen LogP contribution in [0.2, 0.25) is 0 Å². The molecule has 1 fully saturated rings. The standard InChI is InChI=1S/C8H14ClNO5S/c1-14-8(11)4-7-5-10(2-3-15-7)16(12,13)6-9/h7H,2-6H2,1H3. The molecule has 1 heterocycles. The van der Waals surface area contributed by atoms with Gasteiger partial charge in [0.25, 0.3) is 0 Å². The molecule has 0 N–H and O–H groups in total. The molecule has 16 heavy (non-hydrogen) atoms. The van der Waals surface area contributed by atoms with Gasteiger partial charge < -0.3 is 9.47 Å². The Morgan fingerprint density at radius 3 is 2.88 bits per heavy atom. The van der Waals surface area contributed by atoms with Crippen LogP contribution in [0.15, 0.2) is 0 Å². The van der Waals surface area contributed by atoms with Crippen LogP contribution < -0.4 is 0 Å². The minimum atomic E-state index is -3.43. The molecule has 1 aliphatic rings. The van der Waals surface area contributed by atoms with E-state index < -0.39 is 27.3 Å². The Labute approximate surface area is 99.5 Å². The highest BCUT2D eigenvalue weighted by Gasteiger charge is 2.30. The smallest absolute Gasteiger partial charge is 0.308 e. The summed E-state index contributed by atoms with van der Waals surface area (Å²) < 4.78 is 33.9. The molecule has 0 amide bonds. The molecule has 0 aromatic carbocycles. The van der Waals surface area contributed by atoms with Gasteiger partial charge in [0.1, 0.15) is 5.21 Å². The molecule has 1 saturated heterocycles. The number of halogens is 1. The number of hydrogen-bond donors (Lipinski definition) is 0. The molecule has 94 valence electrons. The van der Waals surface area contributed by atoms with Crippen molar-refractivity contribution in [3.05, 3.63) is 0 Å². The van der Waals surface area contributed by atoms with Crippen molar-refractivity contribution in [1.82, 2.24) is 4.31 Å². The van der Waals surface area contributed by atoms with Crippen molar-refractivity contribution in [3.8, 4) is 0 Å². The maximum Gasteiger partial charge on any atom is 0.308 e. The number of ether oxygens (including phenoxy) is 2. The van der Waals surface area contributed by atoms with Crippen molar-refractivity contribution < 1.29 is 22.7 Å². The molecule has 0 aromatic heterocycles. The molecule has 0 spiro atoms. The fourth-order valence-electron chi connectivity index (χ4n) is 1.41. The van der Waals surface area contributed by atoms with E-state index in [0.29, 0.717) is 0 Å². The van der Waals surface area contributed by atoms with E-state index in [0.717, 1.165) is 0 Å². The van der Waals surface area contributed by atoms with Crippen LogP contribution in [0.4, 0.5) is 0 Å². The van der Waals surface area contributed by atoms with Crippen LogP contribution in [0.3, 0.4) is 0 Å². The number of morpholine rings is 1. The van der Waals surface area contributed by atoms with Gasteiger partial charge in [-0.05, 0) is 0 Å². The summed E-state index contributed by atoms with van der Waals surface area (Å²) in [5.41, 5.74) is 0. The molecular weight excluding hydrogens is 258 g/mol. The van der Waals surface area contributed by atoms with E-state index in [9.17, 15) is 13.2 Å². The van der Waals surface area contributed by atoms with Crippen molar-refractivity contribution in [1.29, 1.82) is 0 Å². The van der Waals surface area contributed by atoms with Crippen LogP contribution in [0.5, 0.6) is 0 Å². The second kappa shape index (κ2) is 5.81. The predicted octanol–water partition coefficient (Wildman–Crippen LogP) is -0.224. The Kier molecular flexibility index (Phi) is 4.97. The largest absolute Gasteiger partial charge is 0.469 e. The van der Waals surface area contributed by atoms with E-state index in [1.165, 1.54) is 11.4 Å². The summed E-state index contributed by atoms with van der Waals surface area (Å²) in [6.45, 7) is 0.675. The van der Waals surface area contributed by atoms with Crippen molar-refractivity contribution in [3.63, 3.8) is 0 Å². The molecular formula is C8H14ClNO5S. The summed E-state index contributed by atoms with van der Waals surface area (Å²) in [6.07, 6.45) is -0.413. The Balaban J connectivity index is 2.57. The number of hydrogen-bond acceptors (Lipinski definition) is 5. The van der Waals surface area contributed by atoms with Gasteiger partial charge in [-0.25, -0.2) is 8.42 Å². The van der Waals surface area contributed by atoms with Gasteiger partial charge in [-0.1, -0.05) is 0 Å². The van der Waals surface area contributed by atoms with Crippen LogP contribution >= 0.6 is 11.6 Å². The third-order valence-corrected chi connectivity index (χ3v) is 4.48. The first-order chi connectivity index (χ1) is 7.49. The molecule has 0 bridgehead atoms. The van der Waals surface area contributed by atoms with Crippen molar-refractivity contribution >= 4 is 27.6 Å². The van der Waals surface area contributed by atoms with Gasteiger partial charge in [0.15, 0.2) is 0 Å². The third-order valence-electron chi connectivity index (χ3n) is 2.25. The van der Waals surface area contributed by atoms with Gasteiger partial charge in [-0.15, -0.1) is 11.6 Å². The van der Waals surface area contributed by atoms with Crippen LogP contribution in [-0.4, -0.2) is 56.8 Å². The zero-order chi connectivity index (χ0) is 12.2. The van der Waals surface area contributed by atoms with Crippen molar-refractivity contribution in [2.45, 2.75) is 12.5 Å². The quantitative estimate of drug-likeness (QED) is 0.522. The molecule has 0 aromatic rings. The third kappa shape index (κ3) is 3.58. The maximum absolute atomic E-state index is 11.5. The SMILES string of the molecule is COC(=O)CC1CN(S(=O)(=O)CCl)CCO1. The van der Waals surface area contributed by atoms with Gasteiger partial charge >= 0.3 is 5.97 Å². The van der Waals surface area contributed by atoms with E-state index >= 15 is 0 Å². The molecule has 1 unspecified atom stereocenters. The minimum absolute atomic E-state index is 0.0464. The fourth-order valence-corrected chi connectivity index (χ4v) is 2.70. The monoisotopic (exact) mass is 271 g/mol. The summed E-state index contributed by atoms with van der Waals surface area (Å²) in [6, 6.07) is 0. The summed E-state index contributed by atoms with van der Waals surface area (Å²) in [5.74, 6) is -0.421. The Morgan fingerprint density at radius 2 is 2.31 bits per heavy atom. The molecule has 1 aliphatic heterocycles. The Bertz CT molecular complexity index is 344. The highest BCUT2D eigenvalue weighted by molar-refractivity contribution is 7.90. The molecule has 0 saturated carbocycles. The average molecular weight is 272 g/mol. The molecule has 1 atom stereocenters. The lowest BCUT2D eigenvalue weighted by Gasteiger charge is -2.31. The molecule has 1 rings (SSSR count). The lowest BCUT2D eigenvalue weighted by Crippen LogP contribution is -2.46. The topological polar surface area (TPSA) is 72.9 Å². The number of sulfonamides is 1. The first-order valence-electron chi connectivity index (χ1n) is 4.72. The normalized spacial score (nSPS) is 23.0.